The lowest BCUT2D eigenvalue weighted by molar-refractivity contribution is -0.166. The Morgan fingerprint density at radius 3 is 2.30 bits per heavy atom. The van der Waals surface area contributed by atoms with Crippen molar-refractivity contribution < 1.29 is 33.3 Å². The van der Waals surface area contributed by atoms with Crippen molar-refractivity contribution in [3.63, 3.8) is 0 Å². The minimum atomic E-state index is -0.906. The van der Waals surface area contributed by atoms with Crippen LogP contribution in [-0.4, -0.2) is 47.4 Å². The molecule has 3 rings (SSSR count). The third kappa shape index (κ3) is 4.11. The number of rotatable bonds is 5. The van der Waals surface area contributed by atoms with Crippen LogP contribution < -0.4 is 0 Å². The van der Waals surface area contributed by atoms with Crippen molar-refractivity contribution in [1.82, 2.24) is 4.57 Å². The molecule has 1 aliphatic heterocycles. The number of benzene rings is 1. The topological polar surface area (TPSA) is 93.1 Å². The van der Waals surface area contributed by atoms with Gasteiger partial charge in [-0.2, -0.15) is 0 Å². The van der Waals surface area contributed by atoms with Crippen LogP contribution in [0.15, 0.2) is 36.5 Å². The van der Waals surface area contributed by atoms with Crippen LogP contribution in [0.1, 0.15) is 27.0 Å². The van der Waals surface area contributed by atoms with E-state index in [1.54, 1.807) is 0 Å². The Kier molecular flexibility index (Phi) is 5.46. The molecule has 1 aromatic carbocycles. The van der Waals surface area contributed by atoms with Crippen LogP contribution in [0.25, 0.3) is 10.9 Å². The number of ether oxygens (including phenoxy) is 4. The Balaban J connectivity index is 1.98. The molecular formula is C19H21NO7. The van der Waals surface area contributed by atoms with Crippen molar-refractivity contribution >= 4 is 28.8 Å². The molecule has 27 heavy (non-hydrogen) atoms. The zero-order valence-corrected chi connectivity index (χ0v) is 15.3. The largest absolute Gasteiger partial charge is 0.463 e. The fourth-order valence-corrected chi connectivity index (χ4v) is 3.24. The van der Waals surface area contributed by atoms with Crippen LogP contribution in [0.3, 0.4) is 0 Å². The number of fused-ring (bicyclic) bond motifs is 1. The van der Waals surface area contributed by atoms with E-state index >= 15 is 0 Å². The maximum absolute atomic E-state index is 11.7. The minimum absolute atomic E-state index is 0.124. The average Bonchev–Trinajstić information content (AvgIpc) is 3.15. The van der Waals surface area contributed by atoms with Gasteiger partial charge in [-0.1, -0.05) is 18.2 Å². The van der Waals surface area contributed by atoms with Gasteiger partial charge in [-0.05, 0) is 17.5 Å². The van der Waals surface area contributed by atoms with Crippen LogP contribution in [-0.2, 0) is 33.3 Å². The van der Waals surface area contributed by atoms with Crippen molar-refractivity contribution in [3.8, 4) is 0 Å². The molecule has 0 amide bonds. The Labute approximate surface area is 155 Å². The standard InChI is InChI=1S/C19H21NO7/c1-11(21)24-10-16-17(25-12(2)22)18(26-13(3)23)19(27-16)20-9-8-14-6-4-5-7-15(14)20/h4-9,16-19H,10H2,1-3H3. The van der Waals surface area contributed by atoms with Gasteiger partial charge in [-0.15, -0.1) is 0 Å². The average molecular weight is 375 g/mol. The predicted octanol–water partition coefficient (Wildman–Crippen LogP) is 1.97. The first kappa shape index (κ1) is 18.9. The molecular weight excluding hydrogens is 354 g/mol. The molecule has 4 atom stereocenters. The molecule has 0 aliphatic carbocycles. The van der Waals surface area contributed by atoms with E-state index in [4.69, 9.17) is 18.9 Å². The third-order valence-corrected chi connectivity index (χ3v) is 4.24. The number of hydrogen-bond acceptors (Lipinski definition) is 7. The Morgan fingerprint density at radius 1 is 0.963 bits per heavy atom. The molecule has 1 saturated heterocycles. The van der Waals surface area contributed by atoms with Crippen molar-refractivity contribution in [3.05, 3.63) is 36.5 Å². The summed E-state index contributed by atoms with van der Waals surface area (Å²) in [5.74, 6) is -1.57. The van der Waals surface area contributed by atoms with E-state index in [0.29, 0.717) is 0 Å². The summed E-state index contributed by atoms with van der Waals surface area (Å²) in [6.07, 6.45) is -1.49. The van der Waals surface area contributed by atoms with E-state index in [2.05, 4.69) is 0 Å². The molecule has 1 fully saturated rings. The van der Waals surface area contributed by atoms with Crippen molar-refractivity contribution in [2.45, 2.75) is 45.3 Å². The van der Waals surface area contributed by atoms with Crippen LogP contribution >= 0.6 is 0 Å². The zero-order valence-electron chi connectivity index (χ0n) is 15.3. The second-order valence-electron chi connectivity index (χ2n) is 6.30. The van der Waals surface area contributed by atoms with Crippen molar-refractivity contribution in [2.24, 2.45) is 0 Å². The normalized spacial score (nSPS) is 24.6. The number of carbonyl (C=O) groups excluding carboxylic acids is 3. The SMILES string of the molecule is CC(=O)OCC1OC(n2ccc3ccccc32)C(OC(C)=O)C1OC(C)=O. The highest BCUT2D eigenvalue weighted by molar-refractivity contribution is 5.80. The van der Waals surface area contributed by atoms with Gasteiger partial charge >= 0.3 is 17.9 Å². The molecule has 0 bridgehead atoms. The van der Waals surface area contributed by atoms with Crippen molar-refractivity contribution in [2.75, 3.05) is 6.61 Å². The molecule has 8 nitrogen and oxygen atoms in total. The van der Waals surface area contributed by atoms with Crippen LogP contribution in [0.5, 0.6) is 0 Å². The van der Waals surface area contributed by atoms with Crippen LogP contribution in [0.4, 0.5) is 0 Å². The molecule has 2 aromatic rings. The third-order valence-electron chi connectivity index (χ3n) is 4.24. The van der Waals surface area contributed by atoms with E-state index in [-0.39, 0.29) is 6.61 Å². The predicted molar refractivity (Wildman–Crippen MR) is 93.6 cm³/mol. The second-order valence-corrected chi connectivity index (χ2v) is 6.30. The Bertz CT molecular complexity index is 859. The Morgan fingerprint density at radius 2 is 1.63 bits per heavy atom. The fourth-order valence-electron chi connectivity index (χ4n) is 3.24. The lowest BCUT2D eigenvalue weighted by Gasteiger charge is -2.24. The van der Waals surface area contributed by atoms with E-state index in [0.717, 1.165) is 10.9 Å². The van der Waals surface area contributed by atoms with Gasteiger partial charge in [-0.25, -0.2) is 0 Å². The van der Waals surface area contributed by atoms with Gasteiger partial charge in [0.25, 0.3) is 0 Å². The molecule has 144 valence electrons. The van der Waals surface area contributed by atoms with Gasteiger partial charge in [0.2, 0.25) is 0 Å². The maximum Gasteiger partial charge on any atom is 0.303 e. The summed E-state index contributed by atoms with van der Waals surface area (Å²) < 4.78 is 23.7. The highest BCUT2D eigenvalue weighted by Gasteiger charge is 2.50. The summed E-state index contributed by atoms with van der Waals surface area (Å²) in [6.45, 7) is 3.68. The number of para-hydroxylation sites is 1. The lowest BCUT2D eigenvalue weighted by Crippen LogP contribution is -2.40. The van der Waals surface area contributed by atoms with Gasteiger partial charge in [0.1, 0.15) is 12.7 Å². The quantitative estimate of drug-likeness (QED) is 0.582. The first-order valence-corrected chi connectivity index (χ1v) is 8.55. The molecule has 8 heteroatoms. The molecule has 0 saturated carbocycles. The number of nitrogens with zero attached hydrogens (tertiary/aromatic N) is 1. The molecule has 0 spiro atoms. The maximum atomic E-state index is 11.7. The summed E-state index contributed by atoms with van der Waals surface area (Å²) in [7, 11) is 0. The molecule has 2 heterocycles. The molecule has 4 unspecified atom stereocenters. The Hall–Kier alpha value is -2.87. The fraction of sp³-hybridized carbons (Fsp3) is 0.421. The summed E-state index contributed by atoms with van der Waals surface area (Å²) in [5, 5.41) is 0.982. The van der Waals surface area contributed by atoms with Crippen molar-refractivity contribution in [1.29, 1.82) is 0 Å². The first-order chi connectivity index (χ1) is 12.9. The smallest absolute Gasteiger partial charge is 0.303 e. The number of aromatic nitrogens is 1. The van der Waals surface area contributed by atoms with E-state index in [1.807, 2.05) is 41.1 Å². The van der Waals surface area contributed by atoms with Gasteiger partial charge in [0, 0.05) is 27.0 Å². The summed E-state index contributed by atoms with van der Waals surface area (Å²) in [4.78, 5) is 34.5. The summed E-state index contributed by atoms with van der Waals surface area (Å²) in [6, 6.07) is 9.56. The molecule has 0 N–H and O–H groups in total. The number of carbonyl (C=O) groups is 3. The highest BCUT2D eigenvalue weighted by atomic mass is 16.7. The molecule has 1 aliphatic rings. The molecule has 0 radical (unpaired) electrons. The molecule has 1 aromatic heterocycles. The van der Waals surface area contributed by atoms with Gasteiger partial charge in [0.15, 0.2) is 18.4 Å². The van der Waals surface area contributed by atoms with E-state index < -0.39 is 42.4 Å². The van der Waals surface area contributed by atoms with Gasteiger partial charge in [-0.3, -0.25) is 14.4 Å². The van der Waals surface area contributed by atoms with E-state index in [9.17, 15) is 14.4 Å². The zero-order chi connectivity index (χ0) is 19.6. The van der Waals surface area contributed by atoms with E-state index in [1.165, 1.54) is 20.8 Å². The number of esters is 3. The highest BCUT2D eigenvalue weighted by Crippen LogP contribution is 2.36. The minimum Gasteiger partial charge on any atom is -0.463 e. The number of hydrogen-bond donors (Lipinski definition) is 0. The monoisotopic (exact) mass is 375 g/mol. The van der Waals surface area contributed by atoms with Crippen LogP contribution in [0.2, 0.25) is 0 Å². The van der Waals surface area contributed by atoms with Gasteiger partial charge in [0.05, 0.1) is 5.52 Å². The lowest BCUT2D eigenvalue weighted by atomic mass is 10.1. The second kappa shape index (κ2) is 7.79. The summed E-state index contributed by atoms with van der Waals surface area (Å²) in [5.41, 5.74) is 0.870. The summed E-state index contributed by atoms with van der Waals surface area (Å²) >= 11 is 0. The van der Waals surface area contributed by atoms with Crippen LogP contribution in [0, 0.1) is 0 Å². The first-order valence-electron chi connectivity index (χ1n) is 8.55. The van der Waals surface area contributed by atoms with Gasteiger partial charge < -0.3 is 23.5 Å².